The van der Waals surface area contributed by atoms with Gasteiger partial charge in [-0.05, 0) is 49.6 Å². The van der Waals surface area contributed by atoms with E-state index in [9.17, 15) is 18.0 Å². The molecule has 0 aliphatic carbocycles. The van der Waals surface area contributed by atoms with Crippen molar-refractivity contribution in [3.8, 4) is 0 Å². The molecule has 2 aromatic carbocycles. The zero-order chi connectivity index (χ0) is 22.4. The molecule has 1 heterocycles. The van der Waals surface area contributed by atoms with Crippen LogP contribution >= 0.6 is 11.6 Å². The fraction of sp³-hybridized carbons (Fsp3) is 0.364. The van der Waals surface area contributed by atoms with E-state index in [0.29, 0.717) is 30.9 Å². The summed E-state index contributed by atoms with van der Waals surface area (Å²) >= 11 is 6.21. The van der Waals surface area contributed by atoms with E-state index in [4.69, 9.17) is 11.6 Å². The molecular formula is C22H26ClN3O4S. The minimum Gasteiger partial charge on any atom is -0.352 e. The first-order valence-electron chi connectivity index (χ1n) is 10.3. The maximum absolute atomic E-state index is 12.9. The van der Waals surface area contributed by atoms with Crippen LogP contribution in [0.3, 0.4) is 0 Å². The molecule has 0 saturated carbocycles. The second-order valence-corrected chi connectivity index (χ2v) is 9.71. The van der Waals surface area contributed by atoms with Crippen molar-refractivity contribution in [1.82, 2.24) is 9.62 Å². The fourth-order valence-corrected chi connectivity index (χ4v) is 5.12. The van der Waals surface area contributed by atoms with Crippen LogP contribution in [0.2, 0.25) is 5.02 Å². The molecule has 0 radical (unpaired) electrons. The van der Waals surface area contributed by atoms with Crippen molar-refractivity contribution < 1.29 is 18.0 Å². The highest BCUT2D eigenvalue weighted by atomic mass is 35.5. The molecule has 0 atom stereocenters. The van der Waals surface area contributed by atoms with Gasteiger partial charge >= 0.3 is 0 Å². The zero-order valence-electron chi connectivity index (χ0n) is 17.4. The normalized spacial score (nSPS) is 14.4. The van der Waals surface area contributed by atoms with Crippen molar-refractivity contribution in [2.75, 3.05) is 25.0 Å². The summed E-state index contributed by atoms with van der Waals surface area (Å²) < 4.78 is 27.1. The molecule has 31 heavy (non-hydrogen) atoms. The molecule has 2 aromatic rings. The summed E-state index contributed by atoms with van der Waals surface area (Å²) in [5.74, 6) is -0.877. The van der Waals surface area contributed by atoms with Gasteiger partial charge in [-0.3, -0.25) is 9.59 Å². The van der Waals surface area contributed by atoms with Crippen molar-refractivity contribution in [3.63, 3.8) is 0 Å². The number of nitrogens with one attached hydrogen (secondary N) is 2. The van der Waals surface area contributed by atoms with Gasteiger partial charge in [0.05, 0.1) is 26.7 Å². The molecule has 0 aromatic heterocycles. The number of carbonyl (C=O) groups is 2. The summed E-state index contributed by atoms with van der Waals surface area (Å²) in [6.45, 7) is 3.50. The number of hydrogen-bond acceptors (Lipinski definition) is 4. The van der Waals surface area contributed by atoms with Gasteiger partial charge in [-0.15, -0.1) is 0 Å². The number of nitrogens with zero attached hydrogens (tertiary/aromatic N) is 1. The summed E-state index contributed by atoms with van der Waals surface area (Å²) in [6, 6.07) is 10.7. The summed E-state index contributed by atoms with van der Waals surface area (Å²) in [5, 5.41) is 5.65. The minimum absolute atomic E-state index is 0.0227. The first-order valence-corrected chi connectivity index (χ1v) is 12.1. The van der Waals surface area contributed by atoms with Gasteiger partial charge in [-0.25, -0.2) is 8.42 Å². The van der Waals surface area contributed by atoms with Crippen molar-refractivity contribution in [3.05, 3.63) is 58.6 Å². The van der Waals surface area contributed by atoms with Gasteiger partial charge in [-0.1, -0.05) is 37.1 Å². The van der Waals surface area contributed by atoms with E-state index in [0.717, 1.165) is 25.7 Å². The van der Waals surface area contributed by atoms with Gasteiger partial charge in [0.2, 0.25) is 10.0 Å². The van der Waals surface area contributed by atoms with E-state index in [2.05, 4.69) is 10.6 Å². The Morgan fingerprint density at radius 2 is 1.74 bits per heavy atom. The Labute approximate surface area is 187 Å². The highest BCUT2D eigenvalue weighted by Gasteiger charge is 2.28. The third-order valence-electron chi connectivity index (χ3n) is 5.12. The quantitative estimate of drug-likeness (QED) is 0.580. The Kier molecular flexibility index (Phi) is 7.69. The monoisotopic (exact) mass is 463 g/mol. The van der Waals surface area contributed by atoms with Crippen LogP contribution in [-0.4, -0.2) is 44.2 Å². The second kappa shape index (κ2) is 10.3. The molecule has 2 amide bonds. The highest BCUT2D eigenvalue weighted by Crippen LogP contribution is 2.26. The lowest BCUT2D eigenvalue weighted by Crippen LogP contribution is -2.28. The Morgan fingerprint density at radius 1 is 1.03 bits per heavy atom. The summed E-state index contributed by atoms with van der Waals surface area (Å²) in [7, 11) is -3.69. The third-order valence-corrected chi connectivity index (χ3v) is 7.35. The van der Waals surface area contributed by atoms with Crippen molar-refractivity contribution in [1.29, 1.82) is 0 Å². The number of para-hydroxylation sites is 1. The molecule has 1 aliphatic rings. The molecule has 0 spiro atoms. The van der Waals surface area contributed by atoms with Gasteiger partial charge in [-0.2, -0.15) is 4.31 Å². The lowest BCUT2D eigenvalue weighted by Gasteiger charge is -2.17. The number of anilines is 1. The Balaban J connectivity index is 1.84. The molecule has 166 valence electrons. The van der Waals surface area contributed by atoms with Gasteiger partial charge in [0.1, 0.15) is 0 Å². The van der Waals surface area contributed by atoms with E-state index >= 15 is 0 Å². The third kappa shape index (κ3) is 5.44. The van der Waals surface area contributed by atoms with E-state index in [1.54, 1.807) is 24.3 Å². The molecule has 1 fully saturated rings. The van der Waals surface area contributed by atoms with Crippen molar-refractivity contribution in [2.45, 2.75) is 37.5 Å². The lowest BCUT2D eigenvalue weighted by atomic mass is 10.1. The average molecular weight is 464 g/mol. The number of sulfonamides is 1. The van der Waals surface area contributed by atoms with E-state index in [-0.39, 0.29) is 21.4 Å². The maximum atomic E-state index is 12.9. The minimum atomic E-state index is -3.69. The smallest absolute Gasteiger partial charge is 0.257 e. The number of halogens is 1. The van der Waals surface area contributed by atoms with Crippen LogP contribution in [-0.2, 0) is 10.0 Å². The van der Waals surface area contributed by atoms with Crippen molar-refractivity contribution >= 4 is 39.1 Å². The Morgan fingerprint density at radius 3 is 2.45 bits per heavy atom. The van der Waals surface area contributed by atoms with Crippen LogP contribution in [0, 0.1) is 0 Å². The summed E-state index contributed by atoms with van der Waals surface area (Å²) in [4.78, 5) is 25.4. The molecule has 1 aliphatic heterocycles. The number of carbonyl (C=O) groups excluding carboxylic acids is 2. The molecule has 0 unspecified atom stereocenters. The molecule has 0 bridgehead atoms. The molecule has 1 saturated heterocycles. The predicted molar refractivity (Wildman–Crippen MR) is 121 cm³/mol. The number of benzene rings is 2. The SMILES string of the molecule is CCCCNC(=O)c1ccccc1NC(=O)c1cc(S(=O)(=O)N2CCCC2)ccc1Cl. The first-order chi connectivity index (χ1) is 14.8. The highest BCUT2D eigenvalue weighted by molar-refractivity contribution is 7.89. The number of hydrogen-bond donors (Lipinski definition) is 2. The van der Waals surface area contributed by atoms with Gasteiger partial charge in [0.15, 0.2) is 0 Å². The fourth-order valence-electron chi connectivity index (χ4n) is 3.37. The zero-order valence-corrected chi connectivity index (χ0v) is 18.9. The first kappa shape index (κ1) is 23.2. The van der Waals surface area contributed by atoms with Crippen LogP contribution in [0.25, 0.3) is 0 Å². The van der Waals surface area contributed by atoms with Gasteiger partial charge in [0, 0.05) is 19.6 Å². The summed E-state index contributed by atoms with van der Waals surface area (Å²) in [6.07, 6.45) is 3.44. The van der Waals surface area contributed by atoms with Crippen LogP contribution in [0.15, 0.2) is 47.4 Å². The molecule has 9 heteroatoms. The number of unbranched alkanes of at least 4 members (excludes halogenated alkanes) is 1. The van der Waals surface area contributed by atoms with Gasteiger partial charge < -0.3 is 10.6 Å². The Hall–Kier alpha value is -2.42. The molecule has 2 N–H and O–H groups in total. The lowest BCUT2D eigenvalue weighted by molar-refractivity contribution is 0.0954. The van der Waals surface area contributed by atoms with Crippen molar-refractivity contribution in [2.24, 2.45) is 0 Å². The number of amides is 2. The van der Waals surface area contributed by atoms with Crippen LogP contribution in [0.4, 0.5) is 5.69 Å². The second-order valence-electron chi connectivity index (χ2n) is 7.36. The maximum Gasteiger partial charge on any atom is 0.257 e. The van der Waals surface area contributed by atoms with E-state index < -0.39 is 15.9 Å². The van der Waals surface area contributed by atoms with Crippen LogP contribution < -0.4 is 10.6 Å². The van der Waals surface area contributed by atoms with Gasteiger partial charge in [0.25, 0.3) is 11.8 Å². The van der Waals surface area contributed by atoms with Crippen LogP contribution in [0.5, 0.6) is 0 Å². The van der Waals surface area contributed by atoms with E-state index in [1.807, 2.05) is 6.92 Å². The Bertz CT molecular complexity index is 1070. The standard InChI is InChI=1S/C22H26ClN3O4S/c1-2-3-12-24-21(27)17-8-4-5-9-20(17)25-22(28)18-15-16(10-11-19(18)23)31(29,30)26-13-6-7-14-26/h4-5,8-11,15H,2-3,6-7,12-14H2,1H3,(H,24,27)(H,25,28). The molecular weight excluding hydrogens is 438 g/mol. The summed E-state index contributed by atoms with van der Waals surface area (Å²) in [5.41, 5.74) is 0.678. The number of rotatable bonds is 8. The topological polar surface area (TPSA) is 95.6 Å². The largest absolute Gasteiger partial charge is 0.352 e. The molecule has 3 rings (SSSR count). The van der Waals surface area contributed by atoms with E-state index in [1.165, 1.54) is 22.5 Å². The van der Waals surface area contributed by atoms with Crippen LogP contribution in [0.1, 0.15) is 53.3 Å². The average Bonchev–Trinajstić information content (AvgIpc) is 3.30. The molecule has 7 nitrogen and oxygen atoms in total. The predicted octanol–water partition coefficient (Wildman–Crippen LogP) is 3.91.